The number of hydrogen-bond donors (Lipinski definition) is 0. The van der Waals surface area contributed by atoms with Gasteiger partial charge in [-0.2, -0.15) is 9.78 Å². The van der Waals surface area contributed by atoms with Crippen molar-refractivity contribution in [1.29, 1.82) is 0 Å². The minimum absolute atomic E-state index is 0.0145. The number of hydrogen-bond acceptors (Lipinski definition) is 4. The molecule has 8 heteroatoms. The van der Waals surface area contributed by atoms with Gasteiger partial charge in [-0.15, -0.1) is 0 Å². The summed E-state index contributed by atoms with van der Waals surface area (Å²) in [5.41, 5.74) is 1.04. The van der Waals surface area contributed by atoms with Crippen LogP contribution in [0.15, 0.2) is 76.6 Å². The summed E-state index contributed by atoms with van der Waals surface area (Å²) < 4.78 is 7.01. The van der Waals surface area contributed by atoms with Crippen LogP contribution in [0, 0.1) is 0 Å². The Labute approximate surface area is 187 Å². The van der Waals surface area contributed by atoms with E-state index in [9.17, 15) is 4.79 Å². The molecule has 0 saturated carbocycles. The lowest BCUT2D eigenvalue weighted by Crippen LogP contribution is -2.23. The van der Waals surface area contributed by atoms with Crippen molar-refractivity contribution < 1.29 is 4.74 Å². The first kappa shape index (κ1) is 20.4. The Morgan fingerprint density at radius 1 is 0.967 bits per heavy atom. The van der Waals surface area contributed by atoms with E-state index in [0.717, 1.165) is 5.56 Å². The number of fused-ring (bicyclic) bond motifs is 1. The molecule has 1 heterocycles. The summed E-state index contributed by atoms with van der Waals surface area (Å²) in [6, 6.07) is 19.1. The second-order valence-corrected chi connectivity index (χ2v) is 7.60. The minimum atomic E-state index is -0.299. The number of nitrogens with zero attached hydrogens (tertiary/aromatic N) is 3. The van der Waals surface area contributed by atoms with Crippen molar-refractivity contribution in [3.05, 3.63) is 104 Å². The second kappa shape index (κ2) is 8.88. The number of rotatable bonds is 5. The molecular formula is C22H14Cl3N3O2. The first-order chi connectivity index (χ1) is 14.5. The van der Waals surface area contributed by atoms with Crippen LogP contribution in [-0.2, 0) is 6.61 Å². The SMILES string of the molecule is O=c1c2ccccc2nc(COc2ccc(Cl)cc2Cl)n1/N=C/c1ccc(Cl)cc1. The molecule has 3 aromatic carbocycles. The van der Waals surface area contributed by atoms with Crippen LogP contribution in [0.5, 0.6) is 5.75 Å². The van der Waals surface area contributed by atoms with Gasteiger partial charge in [0.2, 0.25) is 0 Å². The van der Waals surface area contributed by atoms with E-state index in [-0.39, 0.29) is 12.2 Å². The molecule has 150 valence electrons. The van der Waals surface area contributed by atoms with E-state index in [4.69, 9.17) is 39.5 Å². The van der Waals surface area contributed by atoms with Crippen LogP contribution in [0.4, 0.5) is 0 Å². The van der Waals surface area contributed by atoms with E-state index in [1.54, 1.807) is 66.9 Å². The Hall–Kier alpha value is -2.86. The standard InChI is InChI=1S/C22H14Cl3N3O2/c23-15-7-5-14(6-8-15)12-26-28-21(13-30-20-10-9-16(24)11-18(20)25)27-19-4-2-1-3-17(19)22(28)29/h1-12H,13H2/b26-12+. The third kappa shape index (κ3) is 4.49. The van der Waals surface area contributed by atoms with Gasteiger partial charge in [-0.05, 0) is 48.0 Å². The largest absolute Gasteiger partial charge is 0.484 e. The minimum Gasteiger partial charge on any atom is -0.484 e. The molecule has 4 rings (SSSR count). The highest BCUT2D eigenvalue weighted by Crippen LogP contribution is 2.28. The van der Waals surface area contributed by atoms with Crippen molar-refractivity contribution in [2.75, 3.05) is 0 Å². The zero-order valence-electron chi connectivity index (χ0n) is 15.4. The molecule has 0 saturated heterocycles. The average Bonchev–Trinajstić information content (AvgIpc) is 2.74. The molecule has 0 aliphatic carbocycles. The van der Waals surface area contributed by atoms with Gasteiger partial charge in [-0.3, -0.25) is 4.79 Å². The Morgan fingerprint density at radius 3 is 2.47 bits per heavy atom. The van der Waals surface area contributed by atoms with Gasteiger partial charge in [0.25, 0.3) is 5.56 Å². The molecule has 0 aliphatic heterocycles. The van der Waals surface area contributed by atoms with Gasteiger partial charge in [0.1, 0.15) is 12.4 Å². The number of ether oxygens (including phenoxy) is 1. The predicted molar refractivity (Wildman–Crippen MR) is 121 cm³/mol. The van der Waals surface area contributed by atoms with E-state index in [2.05, 4.69) is 10.1 Å². The summed E-state index contributed by atoms with van der Waals surface area (Å²) in [6.45, 7) is -0.0145. The summed E-state index contributed by atoms with van der Waals surface area (Å²) in [4.78, 5) is 17.6. The molecule has 0 amide bonds. The monoisotopic (exact) mass is 457 g/mol. The van der Waals surface area contributed by atoms with Crippen molar-refractivity contribution in [1.82, 2.24) is 9.66 Å². The molecule has 0 atom stereocenters. The molecular weight excluding hydrogens is 445 g/mol. The van der Waals surface area contributed by atoms with E-state index < -0.39 is 0 Å². The smallest absolute Gasteiger partial charge is 0.282 e. The molecule has 5 nitrogen and oxygen atoms in total. The van der Waals surface area contributed by atoms with Crippen LogP contribution in [0.25, 0.3) is 10.9 Å². The summed E-state index contributed by atoms with van der Waals surface area (Å²) in [5.74, 6) is 0.756. The molecule has 1 aromatic heterocycles. The lowest BCUT2D eigenvalue weighted by Gasteiger charge is -2.11. The van der Waals surface area contributed by atoms with Gasteiger partial charge in [0.15, 0.2) is 5.82 Å². The molecule has 0 spiro atoms. The first-order valence-electron chi connectivity index (χ1n) is 8.90. The lowest BCUT2D eigenvalue weighted by molar-refractivity contribution is 0.289. The van der Waals surface area contributed by atoms with Gasteiger partial charge in [0, 0.05) is 10.0 Å². The maximum Gasteiger partial charge on any atom is 0.282 e. The summed E-state index contributed by atoms with van der Waals surface area (Å²) in [7, 11) is 0. The maximum atomic E-state index is 13.0. The van der Waals surface area contributed by atoms with Gasteiger partial charge < -0.3 is 4.74 Å². The van der Waals surface area contributed by atoms with Crippen molar-refractivity contribution in [3.63, 3.8) is 0 Å². The summed E-state index contributed by atoms with van der Waals surface area (Å²) in [6.07, 6.45) is 1.56. The highest BCUT2D eigenvalue weighted by atomic mass is 35.5. The van der Waals surface area contributed by atoms with Gasteiger partial charge in [-0.1, -0.05) is 59.1 Å². The topological polar surface area (TPSA) is 56.5 Å². The van der Waals surface area contributed by atoms with Gasteiger partial charge >= 0.3 is 0 Å². The Balaban J connectivity index is 1.73. The molecule has 0 radical (unpaired) electrons. The normalized spacial score (nSPS) is 11.3. The number of aromatic nitrogens is 2. The maximum absolute atomic E-state index is 13.0. The molecule has 0 N–H and O–H groups in total. The molecule has 0 fully saturated rings. The van der Waals surface area contributed by atoms with Crippen LogP contribution in [0.3, 0.4) is 0 Å². The summed E-state index contributed by atoms with van der Waals surface area (Å²) in [5, 5.41) is 6.28. The Kier molecular flexibility index (Phi) is 6.04. The number of halogens is 3. The molecule has 30 heavy (non-hydrogen) atoms. The zero-order chi connectivity index (χ0) is 21.1. The number of benzene rings is 3. The predicted octanol–water partition coefficient (Wildman–Crippen LogP) is 5.82. The fourth-order valence-electron chi connectivity index (χ4n) is 2.79. The van der Waals surface area contributed by atoms with E-state index in [1.807, 2.05) is 6.07 Å². The van der Waals surface area contributed by atoms with Crippen molar-refractivity contribution >= 4 is 51.9 Å². The van der Waals surface area contributed by atoms with Crippen LogP contribution in [-0.4, -0.2) is 15.9 Å². The quantitative estimate of drug-likeness (QED) is 0.354. The third-order valence-electron chi connectivity index (χ3n) is 4.26. The van der Waals surface area contributed by atoms with Crippen molar-refractivity contribution in [2.45, 2.75) is 6.61 Å². The van der Waals surface area contributed by atoms with E-state index in [0.29, 0.717) is 37.5 Å². The lowest BCUT2D eigenvalue weighted by atomic mass is 10.2. The Bertz CT molecular complexity index is 1300. The van der Waals surface area contributed by atoms with Crippen LogP contribution < -0.4 is 10.3 Å². The number of para-hydroxylation sites is 1. The van der Waals surface area contributed by atoms with Gasteiger partial charge in [-0.25, -0.2) is 4.98 Å². The van der Waals surface area contributed by atoms with E-state index >= 15 is 0 Å². The van der Waals surface area contributed by atoms with Crippen LogP contribution >= 0.6 is 34.8 Å². The second-order valence-electron chi connectivity index (χ2n) is 6.32. The fourth-order valence-corrected chi connectivity index (χ4v) is 3.38. The highest BCUT2D eigenvalue weighted by Gasteiger charge is 2.12. The molecule has 0 aliphatic rings. The van der Waals surface area contributed by atoms with Crippen LogP contribution in [0.2, 0.25) is 15.1 Å². The fraction of sp³-hybridized carbons (Fsp3) is 0.0455. The first-order valence-corrected chi connectivity index (χ1v) is 10.0. The molecule has 4 aromatic rings. The van der Waals surface area contributed by atoms with Gasteiger partial charge in [0.05, 0.1) is 22.1 Å². The molecule has 0 bridgehead atoms. The van der Waals surface area contributed by atoms with E-state index in [1.165, 1.54) is 4.68 Å². The molecule has 0 unspecified atom stereocenters. The van der Waals surface area contributed by atoms with Crippen LogP contribution in [0.1, 0.15) is 11.4 Å². The van der Waals surface area contributed by atoms with Crippen molar-refractivity contribution in [3.8, 4) is 5.75 Å². The zero-order valence-corrected chi connectivity index (χ0v) is 17.7. The van der Waals surface area contributed by atoms with Crippen molar-refractivity contribution in [2.24, 2.45) is 5.10 Å². The highest BCUT2D eigenvalue weighted by molar-refractivity contribution is 6.35. The summed E-state index contributed by atoms with van der Waals surface area (Å²) >= 11 is 18.0. The average molecular weight is 459 g/mol. The Morgan fingerprint density at radius 2 is 1.70 bits per heavy atom. The third-order valence-corrected chi connectivity index (χ3v) is 5.05.